The molecule has 0 spiro atoms. The van der Waals surface area contributed by atoms with Crippen LogP contribution >= 0.6 is 11.6 Å². The molecule has 12 heavy (non-hydrogen) atoms. The van der Waals surface area contributed by atoms with Gasteiger partial charge in [-0.05, 0) is 12.1 Å². The summed E-state index contributed by atoms with van der Waals surface area (Å²) in [6.45, 7) is 1.08. The van der Waals surface area contributed by atoms with Gasteiger partial charge < -0.3 is 9.84 Å². The van der Waals surface area contributed by atoms with Crippen molar-refractivity contribution in [2.45, 2.75) is 6.92 Å². The number of benzene rings is 1. The summed E-state index contributed by atoms with van der Waals surface area (Å²) >= 11 is 5.63. The molecule has 0 aromatic heterocycles. The molecule has 0 aliphatic carbocycles. The van der Waals surface area contributed by atoms with E-state index < -0.39 is 5.97 Å². The van der Waals surface area contributed by atoms with Crippen LogP contribution < -0.4 is 4.74 Å². The van der Waals surface area contributed by atoms with Gasteiger partial charge in [0.25, 0.3) is 5.97 Å². The molecule has 0 atom stereocenters. The lowest BCUT2D eigenvalue weighted by atomic mass is 10.2. The highest BCUT2D eigenvalue weighted by Crippen LogP contribution is 2.40. The number of fused-ring (bicyclic) bond motifs is 2. The van der Waals surface area contributed by atoms with Crippen molar-refractivity contribution in [3.63, 3.8) is 0 Å². The standard InChI is InChI=1S/C6H3ClO.C2H4O2/c7-5-2-1-4-3-6(5)8-4;1-2(3)4/h1-3H;1H3,(H,3,4). The molecule has 1 aromatic rings. The third-order valence-corrected chi connectivity index (χ3v) is 1.44. The fourth-order valence-corrected chi connectivity index (χ4v) is 0.850. The Labute approximate surface area is 74.5 Å². The fraction of sp³-hybridized carbons (Fsp3) is 0.125. The Hall–Kier alpha value is -1.22. The van der Waals surface area contributed by atoms with Crippen LogP contribution in [0.4, 0.5) is 0 Å². The van der Waals surface area contributed by atoms with E-state index in [9.17, 15) is 0 Å². The normalized spacial score (nSPS) is 10.2. The Bertz CT molecular complexity index is 296. The number of hydrogen-bond donors (Lipinski definition) is 1. The first kappa shape index (κ1) is 8.87. The van der Waals surface area contributed by atoms with Crippen molar-refractivity contribution in [1.29, 1.82) is 0 Å². The van der Waals surface area contributed by atoms with E-state index in [-0.39, 0.29) is 0 Å². The zero-order chi connectivity index (χ0) is 9.14. The van der Waals surface area contributed by atoms with Crippen LogP contribution in [0.5, 0.6) is 11.5 Å². The minimum Gasteiger partial charge on any atom is -0.481 e. The first-order valence-corrected chi connectivity index (χ1v) is 3.64. The molecule has 2 aliphatic heterocycles. The van der Waals surface area contributed by atoms with Gasteiger partial charge in [0, 0.05) is 13.0 Å². The maximum absolute atomic E-state index is 9.00. The molecule has 0 fully saturated rings. The molecule has 64 valence electrons. The SMILES string of the molecule is CC(=O)O.Clc1ccc2cc1O2. The Morgan fingerprint density at radius 3 is 2.25 bits per heavy atom. The van der Waals surface area contributed by atoms with Gasteiger partial charge in [0.05, 0.1) is 5.02 Å². The molecular weight excluding hydrogens is 180 g/mol. The summed E-state index contributed by atoms with van der Waals surface area (Å²) in [5.74, 6) is 0.869. The van der Waals surface area contributed by atoms with Crippen molar-refractivity contribution < 1.29 is 14.6 Å². The minimum atomic E-state index is -0.833. The van der Waals surface area contributed by atoms with Crippen LogP contribution in [0.15, 0.2) is 18.2 Å². The molecule has 2 heterocycles. The average molecular weight is 187 g/mol. The van der Waals surface area contributed by atoms with Crippen LogP contribution in [0.1, 0.15) is 6.92 Å². The lowest BCUT2D eigenvalue weighted by Crippen LogP contribution is -1.93. The second-order valence-corrected chi connectivity index (χ2v) is 2.62. The number of hydrogen-bond acceptors (Lipinski definition) is 2. The van der Waals surface area contributed by atoms with Gasteiger partial charge in [-0.3, -0.25) is 4.79 Å². The predicted octanol–water partition coefficient (Wildman–Crippen LogP) is 2.54. The number of carboxylic acids is 1. The maximum atomic E-state index is 9.00. The van der Waals surface area contributed by atoms with Crippen LogP contribution in [-0.4, -0.2) is 11.1 Å². The molecule has 0 amide bonds. The number of ether oxygens (including phenoxy) is 1. The molecule has 1 N–H and O–H groups in total. The molecule has 2 bridgehead atoms. The predicted molar refractivity (Wildman–Crippen MR) is 44.8 cm³/mol. The molecule has 3 rings (SSSR count). The number of rotatable bonds is 0. The van der Waals surface area contributed by atoms with Gasteiger partial charge in [0.2, 0.25) is 0 Å². The Morgan fingerprint density at radius 2 is 2.08 bits per heavy atom. The van der Waals surface area contributed by atoms with Crippen molar-refractivity contribution in [2.75, 3.05) is 0 Å². The summed E-state index contributed by atoms with van der Waals surface area (Å²) in [7, 11) is 0. The van der Waals surface area contributed by atoms with Gasteiger partial charge in [-0.2, -0.15) is 0 Å². The zero-order valence-electron chi connectivity index (χ0n) is 6.37. The van der Waals surface area contributed by atoms with E-state index in [0.717, 1.165) is 18.4 Å². The fourth-order valence-electron chi connectivity index (χ4n) is 0.694. The van der Waals surface area contributed by atoms with Crippen LogP contribution in [0, 0.1) is 0 Å². The first-order chi connectivity index (χ1) is 5.59. The van der Waals surface area contributed by atoms with Gasteiger partial charge in [-0.1, -0.05) is 11.6 Å². The van der Waals surface area contributed by atoms with Gasteiger partial charge >= 0.3 is 0 Å². The smallest absolute Gasteiger partial charge is 0.300 e. The van der Waals surface area contributed by atoms with Crippen molar-refractivity contribution in [1.82, 2.24) is 0 Å². The topological polar surface area (TPSA) is 46.5 Å². The number of halogens is 1. The van der Waals surface area contributed by atoms with Crippen LogP contribution in [0.25, 0.3) is 0 Å². The summed E-state index contributed by atoms with van der Waals surface area (Å²) in [6, 6.07) is 5.58. The second kappa shape index (κ2) is 3.45. The molecule has 0 saturated heterocycles. The van der Waals surface area contributed by atoms with Crippen molar-refractivity contribution in [2.24, 2.45) is 0 Å². The van der Waals surface area contributed by atoms with Crippen LogP contribution in [0.3, 0.4) is 0 Å². The Kier molecular flexibility index (Phi) is 2.55. The lowest BCUT2D eigenvalue weighted by Gasteiger charge is -2.16. The van der Waals surface area contributed by atoms with E-state index in [2.05, 4.69) is 0 Å². The highest BCUT2D eigenvalue weighted by atomic mass is 35.5. The quantitative estimate of drug-likeness (QED) is 0.688. The molecule has 2 aliphatic rings. The summed E-state index contributed by atoms with van der Waals surface area (Å²) in [6.07, 6.45) is 0. The molecule has 3 nitrogen and oxygen atoms in total. The van der Waals surface area contributed by atoms with Crippen LogP contribution in [0.2, 0.25) is 5.02 Å². The van der Waals surface area contributed by atoms with Gasteiger partial charge in [-0.25, -0.2) is 0 Å². The molecule has 4 heteroatoms. The van der Waals surface area contributed by atoms with E-state index in [0.29, 0.717) is 5.02 Å². The first-order valence-electron chi connectivity index (χ1n) is 3.26. The number of carboxylic acid groups (broad SMARTS) is 1. The second-order valence-electron chi connectivity index (χ2n) is 2.21. The van der Waals surface area contributed by atoms with E-state index in [1.54, 1.807) is 0 Å². The van der Waals surface area contributed by atoms with Crippen molar-refractivity contribution in [3.05, 3.63) is 23.2 Å². The van der Waals surface area contributed by atoms with Gasteiger partial charge in [0.1, 0.15) is 11.5 Å². The van der Waals surface area contributed by atoms with E-state index >= 15 is 0 Å². The number of aliphatic carboxylic acids is 1. The van der Waals surface area contributed by atoms with Gasteiger partial charge in [-0.15, -0.1) is 0 Å². The Morgan fingerprint density at radius 1 is 1.58 bits per heavy atom. The Balaban J connectivity index is 0.000000157. The molecule has 0 radical (unpaired) electrons. The third-order valence-electron chi connectivity index (χ3n) is 1.13. The maximum Gasteiger partial charge on any atom is 0.300 e. The molecule has 0 saturated carbocycles. The molecule has 1 aromatic carbocycles. The third kappa shape index (κ3) is 2.13. The number of carbonyl (C=O) groups is 1. The van der Waals surface area contributed by atoms with E-state index in [1.165, 1.54) is 0 Å². The largest absolute Gasteiger partial charge is 0.481 e. The highest BCUT2D eigenvalue weighted by Gasteiger charge is 2.12. The zero-order valence-corrected chi connectivity index (χ0v) is 7.13. The van der Waals surface area contributed by atoms with Crippen molar-refractivity contribution >= 4 is 17.6 Å². The van der Waals surface area contributed by atoms with E-state index in [4.69, 9.17) is 26.2 Å². The summed E-state index contributed by atoms with van der Waals surface area (Å²) in [5.41, 5.74) is 0. The average Bonchev–Trinajstić information content (AvgIpc) is 1.82. The molecule has 0 unspecified atom stereocenters. The van der Waals surface area contributed by atoms with Crippen molar-refractivity contribution in [3.8, 4) is 11.5 Å². The summed E-state index contributed by atoms with van der Waals surface area (Å²) in [5, 5.41) is 8.11. The summed E-state index contributed by atoms with van der Waals surface area (Å²) < 4.78 is 5.01. The monoisotopic (exact) mass is 186 g/mol. The highest BCUT2D eigenvalue weighted by molar-refractivity contribution is 6.32. The molecular formula is C8H7ClO3. The summed E-state index contributed by atoms with van der Waals surface area (Å²) in [4.78, 5) is 9.00. The van der Waals surface area contributed by atoms with Gasteiger partial charge in [0.15, 0.2) is 0 Å². The van der Waals surface area contributed by atoms with E-state index in [1.807, 2.05) is 18.2 Å². The lowest BCUT2D eigenvalue weighted by molar-refractivity contribution is -0.134. The van der Waals surface area contributed by atoms with Crippen LogP contribution in [-0.2, 0) is 4.79 Å². The minimum absolute atomic E-state index is 0.694.